The van der Waals surface area contributed by atoms with Crippen molar-refractivity contribution in [2.45, 2.75) is 40.0 Å². The molecule has 0 atom stereocenters. The number of nitrogens with zero attached hydrogens (tertiary/aromatic N) is 4. The molecule has 2 aromatic carbocycles. The van der Waals surface area contributed by atoms with E-state index in [4.69, 9.17) is 9.72 Å². The fraction of sp³-hybridized carbons (Fsp3) is 0.269. The van der Waals surface area contributed by atoms with Crippen LogP contribution >= 0.6 is 15.9 Å². The van der Waals surface area contributed by atoms with Crippen molar-refractivity contribution in [3.8, 4) is 11.4 Å². The Kier molecular flexibility index (Phi) is 6.79. The van der Waals surface area contributed by atoms with Crippen LogP contribution in [0.2, 0.25) is 0 Å². The first-order valence-electron chi connectivity index (χ1n) is 11.0. The number of methoxy groups -OCH3 is 1. The van der Waals surface area contributed by atoms with Crippen molar-refractivity contribution in [3.63, 3.8) is 0 Å². The van der Waals surface area contributed by atoms with Crippen LogP contribution < -0.4 is 10.3 Å². The average molecular weight is 507 g/mol. The lowest BCUT2D eigenvalue weighted by atomic mass is 10.2. The van der Waals surface area contributed by atoms with Crippen LogP contribution in [0.25, 0.3) is 16.6 Å². The van der Waals surface area contributed by atoms with Crippen LogP contribution in [0.4, 0.5) is 0 Å². The van der Waals surface area contributed by atoms with Crippen LogP contribution in [0.15, 0.2) is 62.9 Å². The number of aryl methyl sites for hydroxylation is 2. The van der Waals surface area contributed by atoms with E-state index in [0.29, 0.717) is 23.1 Å². The van der Waals surface area contributed by atoms with Gasteiger partial charge in [-0.3, -0.25) is 4.79 Å². The van der Waals surface area contributed by atoms with Gasteiger partial charge in [0, 0.05) is 33.5 Å². The van der Waals surface area contributed by atoms with E-state index in [1.807, 2.05) is 36.4 Å². The highest BCUT2D eigenvalue weighted by Crippen LogP contribution is 2.22. The minimum Gasteiger partial charge on any atom is -0.497 e. The third-order valence-electron chi connectivity index (χ3n) is 5.74. The number of hydrogen-bond donors (Lipinski definition) is 0. The maximum atomic E-state index is 13.3. The highest BCUT2D eigenvalue weighted by Gasteiger charge is 2.13. The van der Waals surface area contributed by atoms with Crippen LogP contribution in [-0.4, -0.2) is 27.6 Å². The number of aromatic nitrogens is 3. The molecular weight excluding hydrogens is 480 g/mol. The largest absolute Gasteiger partial charge is 0.497 e. The fourth-order valence-corrected chi connectivity index (χ4v) is 4.34. The summed E-state index contributed by atoms with van der Waals surface area (Å²) in [5.41, 5.74) is 4.65. The molecule has 2 aromatic heterocycles. The van der Waals surface area contributed by atoms with Gasteiger partial charge in [-0.15, -0.1) is 0 Å². The predicted octanol–water partition coefficient (Wildman–Crippen LogP) is 5.80. The third-order valence-corrected chi connectivity index (χ3v) is 6.24. The summed E-state index contributed by atoms with van der Waals surface area (Å²) in [6.07, 6.45) is 4.40. The van der Waals surface area contributed by atoms with Crippen molar-refractivity contribution in [2.75, 3.05) is 7.11 Å². The van der Waals surface area contributed by atoms with E-state index in [-0.39, 0.29) is 5.56 Å². The summed E-state index contributed by atoms with van der Waals surface area (Å²) >= 11 is 3.45. The SMILES string of the molecule is CCCCc1nc2ccc(Br)cc2c(=O)n1N=Cc1cc(C)n(-c2ccc(OC)cc2)c1C. The predicted molar refractivity (Wildman–Crippen MR) is 137 cm³/mol. The van der Waals surface area contributed by atoms with Crippen LogP contribution in [0.3, 0.4) is 0 Å². The van der Waals surface area contributed by atoms with Gasteiger partial charge in [0.2, 0.25) is 0 Å². The fourth-order valence-electron chi connectivity index (χ4n) is 3.98. The van der Waals surface area contributed by atoms with Gasteiger partial charge in [0.25, 0.3) is 5.56 Å². The monoisotopic (exact) mass is 506 g/mol. The zero-order valence-electron chi connectivity index (χ0n) is 19.3. The molecule has 0 N–H and O–H groups in total. The quantitative estimate of drug-likeness (QED) is 0.297. The van der Waals surface area contributed by atoms with E-state index in [1.165, 1.54) is 4.68 Å². The summed E-state index contributed by atoms with van der Waals surface area (Å²) in [6.45, 7) is 6.23. The lowest BCUT2D eigenvalue weighted by molar-refractivity contribution is 0.414. The van der Waals surface area contributed by atoms with Crippen LogP contribution in [0.1, 0.15) is 42.5 Å². The molecule has 4 aromatic rings. The molecule has 33 heavy (non-hydrogen) atoms. The molecule has 0 saturated carbocycles. The van der Waals surface area contributed by atoms with E-state index >= 15 is 0 Å². The number of ether oxygens (including phenoxy) is 1. The van der Waals surface area contributed by atoms with Gasteiger partial charge in [0.05, 0.1) is 24.2 Å². The Morgan fingerprint density at radius 1 is 1.12 bits per heavy atom. The molecule has 0 radical (unpaired) electrons. The van der Waals surface area contributed by atoms with Crippen LogP contribution in [0, 0.1) is 13.8 Å². The van der Waals surface area contributed by atoms with Crippen molar-refractivity contribution in [2.24, 2.45) is 5.10 Å². The third kappa shape index (κ3) is 4.64. The molecule has 0 fully saturated rings. The van der Waals surface area contributed by atoms with Crippen LogP contribution in [0.5, 0.6) is 5.75 Å². The van der Waals surface area contributed by atoms with Gasteiger partial charge in [0.1, 0.15) is 11.6 Å². The molecule has 0 aliphatic rings. The first-order chi connectivity index (χ1) is 15.9. The zero-order chi connectivity index (χ0) is 23.5. The molecule has 6 nitrogen and oxygen atoms in total. The molecule has 0 aliphatic heterocycles. The van der Waals surface area contributed by atoms with E-state index in [1.54, 1.807) is 19.4 Å². The summed E-state index contributed by atoms with van der Waals surface area (Å²) in [4.78, 5) is 18.0. The Labute approximate surface area is 201 Å². The van der Waals surface area contributed by atoms with Gasteiger partial charge in [-0.1, -0.05) is 29.3 Å². The maximum absolute atomic E-state index is 13.3. The number of hydrogen-bond acceptors (Lipinski definition) is 4. The van der Waals surface area contributed by atoms with Crippen molar-refractivity contribution in [1.82, 2.24) is 14.2 Å². The van der Waals surface area contributed by atoms with Gasteiger partial charge in [0.15, 0.2) is 0 Å². The standard InChI is InChI=1S/C26H27BrN4O2/c1-5-6-7-25-29-24-13-8-20(27)15-23(24)26(32)31(25)28-16-19-14-17(2)30(18(19)3)21-9-11-22(33-4)12-10-21/h8-16H,5-7H2,1-4H3. The summed E-state index contributed by atoms with van der Waals surface area (Å²) in [7, 11) is 1.66. The highest BCUT2D eigenvalue weighted by atomic mass is 79.9. The minimum absolute atomic E-state index is 0.160. The number of halogens is 1. The topological polar surface area (TPSA) is 61.4 Å². The van der Waals surface area contributed by atoms with Crippen molar-refractivity contribution >= 4 is 33.0 Å². The molecular formula is C26H27BrN4O2. The number of unbranched alkanes of at least 4 members (excludes halogenated alkanes) is 1. The summed E-state index contributed by atoms with van der Waals surface area (Å²) in [5, 5.41) is 5.16. The van der Waals surface area contributed by atoms with Gasteiger partial charge in [-0.25, -0.2) is 4.98 Å². The van der Waals surface area contributed by atoms with E-state index in [9.17, 15) is 4.79 Å². The Bertz CT molecular complexity index is 1380. The molecule has 2 heterocycles. The van der Waals surface area contributed by atoms with Gasteiger partial charge >= 0.3 is 0 Å². The van der Waals surface area contributed by atoms with Crippen molar-refractivity contribution in [1.29, 1.82) is 0 Å². The second kappa shape index (κ2) is 9.75. The molecule has 170 valence electrons. The van der Waals surface area contributed by atoms with Gasteiger partial charge in [-0.2, -0.15) is 9.78 Å². The number of fused-ring (bicyclic) bond motifs is 1. The molecule has 7 heteroatoms. The second-order valence-electron chi connectivity index (χ2n) is 8.01. The lowest BCUT2D eigenvalue weighted by Gasteiger charge is -2.10. The summed E-state index contributed by atoms with van der Waals surface area (Å²) in [5.74, 6) is 1.49. The highest BCUT2D eigenvalue weighted by molar-refractivity contribution is 9.10. The maximum Gasteiger partial charge on any atom is 0.282 e. The van der Waals surface area contributed by atoms with Crippen LogP contribution in [-0.2, 0) is 6.42 Å². The summed E-state index contributed by atoms with van der Waals surface area (Å²) in [6, 6.07) is 15.6. The van der Waals surface area contributed by atoms with Crippen molar-refractivity contribution < 1.29 is 4.74 Å². The zero-order valence-corrected chi connectivity index (χ0v) is 20.9. The Morgan fingerprint density at radius 2 is 1.88 bits per heavy atom. The van der Waals surface area contributed by atoms with Gasteiger partial charge < -0.3 is 9.30 Å². The molecule has 0 saturated heterocycles. The molecule has 0 unspecified atom stereocenters. The van der Waals surface area contributed by atoms with E-state index < -0.39 is 0 Å². The molecule has 0 amide bonds. The van der Waals surface area contributed by atoms with E-state index in [2.05, 4.69) is 52.4 Å². The van der Waals surface area contributed by atoms with Crippen molar-refractivity contribution in [3.05, 3.63) is 86.1 Å². The smallest absolute Gasteiger partial charge is 0.282 e. The Balaban J connectivity index is 1.78. The molecule has 4 rings (SSSR count). The Morgan fingerprint density at radius 3 is 2.58 bits per heavy atom. The average Bonchev–Trinajstić information content (AvgIpc) is 3.10. The first kappa shape index (κ1) is 23.0. The Hall–Kier alpha value is -3.19. The van der Waals surface area contributed by atoms with Gasteiger partial charge in [-0.05, 0) is 68.8 Å². The normalized spacial score (nSPS) is 11.5. The number of benzene rings is 2. The molecule has 0 bridgehead atoms. The van der Waals surface area contributed by atoms with E-state index in [0.717, 1.165) is 45.7 Å². The molecule has 0 spiro atoms. The lowest BCUT2D eigenvalue weighted by Crippen LogP contribution is -2.22. The first-order valence-corrected chi connectivity index (χ1v) is 11.8. The summed E-state index contributed by atoms with van der Waals surface area (Å²) < 4.78 is 9.73. The minimum atomic E-state index is -0.160. The number of rotatable bonds is 7. The second-order valence-corrected chi connectivity index (χ2v) is 8.93. The molecule has 0 aliphatic carbocycles.